The minimum Gasteiger partial charge on any atom is -0.442 e. The quantitative estimate of drug-likeness (QED) is 0.0383. The monoisotopic (exact) mass is 1080 g/mol. The Bertz CT molecular complexity index is 2910. The van der Waals surface area contributed by atoms with Crippen LogP contribution in [0.3, 0.4) is 0 Å². The van der Waals surface area contributed by atoms with E-state index in [-0.39, 0.29) is 0 Å². The number of benzene rings is 10. The molecular formula is C72H76O2Si4. The van der Waals surface area contributed by atoms with Crippen LogP contribution in [0.25, 0.3) is 0 Å². The maximum absolute atomic E-state index is 8.30. The van der Waals surface area contributed by atoms with E-state index in [1.54, 1.807) is 0 Å². The molecule has 0 unspecified atom stereocenters. The number of aryl methyl sites for hydroxylation is 2. The van der Waals surface area contributed by atoms with E-state index in [4.69, 9.17) is 8.23 Å². The molecule has 0 atom stereocenters. The van der Waals surface area contributed by atoms with Gasteiger partial charge in [-0.25, -0.2) is 0 Å². The molecule has 0 aliphatic rings. The van der Waals surface area contributed by atoms with Crippen LogP contribution in [-0.4, -0.2) is 33.3 Å². The van der Waals surface area contributed by atoms with Crippen LogP contribution >= 0.6 is 0 Å². The molecule has 0 saturated heterocycles. The largest absolute Gasteiger partial charge is 0.442 e. The van der Waals surface area contributed by atoms with E-state index < -0.39 is 33.3 Å². The van der Waals surface area contributed by atoms with Gasteiger partial charge in [-0.3, -0.25) is 0 Å². The molecule has 6 heteroatoms. The Labute approximate surface area is 471 Å². The second-order valence-corrected chi connectivity index (χ2v) is 35.2. The van der Waals surface area contributed by atoms with Crippen molar-refractivity contribution in [2.45, 2.75) is 78.3 Å². The Morgan fingerprint density at radius 2 is 0.436 bits per heavy atom. The summed E-state index contributed by atoms with van der Waals surface area (Å²) < 4.78 is 16.4. The van der Waals surface area contributed by atoms with Crippen molar-refractivity contribution in [2.24, 2.45) is 0 Å². The van der Waals surface area contributed by atoms with E-state index in [9.17, 15) is 0 Å². The molecule has 0 heterocycles. The first-order valence-corrected chi connectivity index (χ1v) is 36.4. The highest BCUT2D eigenvalue weighted by Crippen LogP contribution is 2.28. The minimum atomic E-state index is -3.08. The summed E-state index contributed by atoms with van der Waals surface area (Å²) in [4.78, 5) is 0. The molecule has 0 N–H and O–H groups in total. The van der Waals surface area contributed by atoms with Gasteiger partial charge in [0.1, 0.15) is 0 Å². The zero-order valence-corrected chi connectivity index (χ0v) is 50.2. The Kier molecular flexibility index (Phi) is 19.3. The van der Waals surface area contributed by atoms with E-state index in [1.165, 1.54) is 102 Å². The highest BCUT2D eigenvalue weighted by Gasteiger charge is 2.53. The van der Waals surface area contributed by atoms with Crippen molar-refractivity contribution in [3.05, 3.63) is 302 Å². The molecule has 78 heavy (non-hydrogen) atoms. The SMILES string of the molecule is CCCCC[Si](O[Si](CCCCC)(c1ccccc1)c1ccccc1)(c1ccccc1)c1ccccc1.Cc1ccc([Si](O[Si](c2ccccc2)(c2ccccc2)c2ccc(C)cc2)(c2ccccc2)c2ccccc2)cc1. The first-order valence-electron chi connectivity index (χ1n) is 28.4. The van der Waals surface area contributed by atoms with Gasteiger partial charge in [0.2, 0.25) is 16.6 Å². The molecule has 0 bridgehead atoms. The third-order valence-electron chi connectivity index (χ3n) is 15.5. The van der Waals surface area contributed by atoms with Gasteiger partial charge in [-0.2, -0.15) is 0 Å². The first kappa shape index (κ1) is 55.7. The van der Waals surface area contributed by atoms with Crippen LogP contribution in [0.15, 0.2) is 291 Å². The lowest BCUT2D eigenvalue weighted by Gasteiger charge is -2.44. The van der Waals surface area contributed by atoms with Crippen molar-refractivity contribution in [1.29, 1.82) is 0 Å². The predicted octanol–water partition coefficient (Wildman–Crippen LogP) is 11.9. The summed E-state index contributed by atoms with van der Waals surface area (Å²) >= 11 is 0. The minimum absolute atomic E-state index is 1.11. The molecule has 10 aromatic rings. The zero-order valence-electron chi connectivity index (χ0n) is 46.2. The van der Waals surface area contributed by atoms with Crippen LogP contribution in [0.4, 0.5) is 0 Å². The van der Waals surface area contributed by atoms with E-state index in [1.807, 2.05) is 0 Å². The zero-order chi connectivity index (χ0) is 53.9. The van der Waals surface area contributed by atoms with E-state index in [0.29, 0.717) is 0 Å². The van der Waals surface area contributed by atoms with Crippen LogP contribution in [-0.2, 0) is 8.23 Å². The van der Waals surface area contributed by atoms with Gasteiger partial charge in [0, 0.05) is 0 Å². The van der Waals surface area contributed by atoms with Crippen LogP contribution in [0.5, 0.6) is 0 Å². The molecule has 2 nitrogen and oxygen atoms in total. The van der Waals surface area contributed by atoms with Gasteiger partial charge in [-0.1, -0.05) is 355 Å². The lowest BCUT2D eigenvalue weighted by atomic mass is 10.2. The Balaban J connectivity index is 0.000000191. The van der Waals surface area contributed by atoms with Crippen LogP contribution < -0.4 is 51.9 Å². The number of hydrogen-bond acceptors (Lipinski definition) is 2. The third kappa shape index (κ3) is 12.3. The molecule has 10 rings (SSSR count). The summed E-state index contributed by atoms with van der Waals surface area (Å²) in [5.41, 5.74) is 2.48. The lowest BCUT2D eigenvalue weighted by Crippen LogP contribution is -2.81. The molecule has 0 aromatic heterocycles. The Hall–Kier alpha value is -7.01. The van der Waals surface area contributed by atoms with Gasteiger partial charge in [0.15, 0.2) is 0 Å². The summed E-state index contributed by atoms with van der Waals surface area (Å²) in [6.07, 6.45) is 7.28. The fourth-order valence-electron chi connectivity index (χ4n) is 11.5. The lowest BCUT2D eigenvalue weighted by molar-refractivity contribution is 0.552. The Morgan fingerprint density at radius 1 is 0.231 bits per heavy atom. The second-order valence-electron chi connectivity index (χ2n) is 20.8. The van der Waals surface area contributed by atoms with E-state index in [0.717, 1.165) is 12.1 Å². The maximum Gasteiger partial charge on any atom is 0.278 e. The van der Waals surface area contributed by atoms with Gasteiger partial charge in [0.25, 0.3) is 16.6 Å². The molecule has 0 fully saturated rings. The molecule has 0 aliphatic heterocycles. The van der Waals surface area contributed by atoms with Crippen LogP contribution in [0, 0.1) is 13.8 Å². The molecule has 392 valence electrons. The summed E-state index contributed by atoms with van der Waals surface area (Å²) in [6, 6.07) is 109. The highest BCUT2D eigenvalue weighted by atomic mass is 28.4. The third-order valence-corrected chi connectivity index (χ3v) is 34.8. The van der Waals surface area contributed by atoms with Crippen LogP contribution in [0.1, 0.15) is 63.5 Å². The molecule has 10 aromatic carbocycles. The first-order chi connectivity index (χ1) is 38.4. The fourth-order valence-corrected chi connectivity index (χ4v) is 33.4. The van der Waals surface area contributed by atoms with Gasteiger partial charge in [-0.05, 0) is 77.8 Å². The van der Waals surface area contributed by atoms with Gasteiger partial charge in [0.05, 0.1) is 0 Å². The second kappa shape index (κ2) is 27.0. The summed E-state index contributed by atoms with van der Waals surface area (Å²) in [5, 5.41) is 13.1. The molecular weight excluding hydrogens is 1010 g/mol. The number of unbranched alkanes of at least 4 members (excludes halogenated alkanes) is 4. The Morgan fingerprint density at radius 3 is 0.654 bits per heavy atom. The molecule has 0 saturated carbocycles. The van der Waals surface area contributed by atoms with Crippen molar-refractivity contribution < 1.29 is 8.23 Å². The van der Waals surface area contributed by atoms with Gasteiger partial charge < -0.3 is 8.23 Å². The van der Waals surface area contributed by atoms with E-state index >= 15 is 0 Å². The molecule has 0 spiro atoms. The summed E-state index contributed by atoms with van der Waals surface area (Å²) in [5.74, 6) is 0. The summed E-state index contributed by atoms with van der Waals surface area (Å²) in [7, 11) is -11.3. The normalized spacial score (nSPS) is 11.8. The van der Waals surface area contributed by atoms with Crippen molar-refractivity contribution in [3.63, 3.8) is 0 Å². The average Bonchev–Trinajstić information content (AvgIpc) is 3.56. The van der Waals surface area contributed by atoms with Crippen molar-refractivity contribution in [1.82, 2.24) is 0 Å². The molecule has 0 radical (unpaired) electrons. The van der Waals surface area contributed by atoms with Crippen LogP contribution in [0.2, 0.25) is 12.1 Å². The summed E-state index contributed by atoms with van der Waals surface area (Å²) in [6.45, 7) is 8.90. The standard InChI is InChI=1S/C38H34OSi2.C34H42OSi2/c1-31-23-27-37(28-24-31)40(33-15-7-3-8-16-33,34-17-9-4-10-18-34)39-41(35-19-11-5-12-20-35,36-21-13-6-14-22-36)38-29-25-32(2)26-30-38;1-3-5-19-29-36(31-21-11-7-12-22-31,32-23-13-8-14-24-32)35-37(30-20-6-4-2,33-25-15-9-16-26-33)34-27-17-10-18-28-34/h3-30H,1-2H3;7-18,21-28H,3-6,19-20,29-30H2,1-2H3. The van der Waals surface area contributed by atoms with E-state index in [2.05, 4.69) is 319 Å². The smallest absolute Gasteiger partial charge is 0.278 e. The van der Waals surface area contributed by atoms with Crippen molar-refractivity contribution in [3.8, 4) is 0 Å². The maximum atomic E-state index is 8.30. The van der Waals surface area contributed by atoms with Gasteiger partial charge >= 0.3 is 0 Å². The predicted molar refractivity (Wildman–Crippen MR) is 344 cm³/mol. The average molecular weight is 1090 g/mol. The van der Waals surface area contributed by atoms with Gasteiger partial charge in [-0.15, -0.1) is 0 Å². The fraction of sp³-hybridized carbons (Fsp3) is 0.167. The highest BCUT2D eigenvalue weighted by molar-refractivity contribution is 7.18. The van der Waals surface area contributed by atoms with Crippen molar-refractivity contribution >= 4 is 85.1 Å². The number of rotatable bonds is 22. The molecule has 0 aliphatic carbocycles. The number of hydrogen-bond donors (Lipinski definition) is 0. The molecule has 0 amide bonds. The topological polar surface area (TPSA) is 18.5 Å². The van der Waals surface area contributed by atoms with Crippen molar-refractivity contribution in [2.75, 3.05) is 0 Å².